The summed E-state index contributed by atoms with van der Waals surface area (Å²) in [6, 6.07) is 0. The molecule has 0 aromatic heterocycles. The van der Waals surface area contributed by atoms with Gasteiger partial charge in [-0.2, -0.15) is 0 Å². The van der Waals surface area contributed by atoms with Crippen molar-refractivity contribution in [2.75, 3.05) is 6.61 Å². The molecule has 0 heterocycles. The smallest absolute Gasteiger partial charge is 0.258 e. The van der Waals surface area contributed by atoms with E-state index in [1.54, 1.807) is 6.92 Å². The van der Waals surface area contributed by atoms with Crippen molar-refractivity contribution >= 4 is 11.8 Å². The minimum Gasteiger partial charge on any atom is -0.394 e. The molecule has 0 bridgehead atoms. The maximum Gasteiger partial charge on any atom is 0.258 e. The van der Waals surface area contributed by atoms with E-state index in [2.05, 4.69) is 0 Å². The number of imide groups is 1. The molecule has 0 saturated heterocycles. The van der Waals surface area contributed by atoms with Crippen LogP contribution in [0.5, 0.6) is 0 Å². The number of amides is 2. The molecule has 0 radical (unpaired) electrons. The van der Waals surface area contributed by atoms with E-state index in [0.29, 0.717) is 6.42 Å². The lowest BCUT2D eigenvalue weighted by molar-refractivity contribution is -0.151. The van der Waals surface area contributed by atoms with E-state index in [4.69, 9.17) is 10.2 Å². The average Bonchev–Trinajstić information content (AvgIpc) is 2.35. The first-order valence-electron chi connectivity index (χ1n) is 5.51. The van der Waals surface area contributed by atoms with Crippen LogP contribution < -0.4 is 5.32 Å². The van der Waals surface area contributed by atoms with Crippen molar-refractivity contribution in [2.24, 2.45) is 0 Å². The molecule has 0 fully saturated rings. The van der Waals surface area contributed by atoms with Gasteiger partial charge in [0, 0.05) is 6.42 Å². The molecule has 0 aliphatic heterocycles. The van der Waals surface area contributed by atoms with Crippen LogP contribution in [0.4, 0.5) is 0 Å². The number of aliphatic hydroxyl groups excluding tert-OH is 5. The Labute approximate surface area is 104 Å². The third kappa shape index (κ3) is 5.07. The Morgan fingerprint density at radius 1 is 1.11 bits per heavy atom. The fourth-order valence-corrected chi connectivity index (χ4v) is 1.18. The molecule has 0 aliphatic rings. The molecule has 0 unspecified atom stereocenters. The van der Waals surface area contributed by atoms with Gasteiger partial charge in [0.25, 0.3) is 5.91 Å². The minimum absolute atomic E-state index is 0.0797. The van der Waals surface area contributed by atoms with Gasteiger partial charge >= 0.3 is 0 Å². The highest BCUT2D eigenvalue weighted by atomic mass is 16.4. The van der Waals surface area contributed by atoms with Gasteiger partial charge in [-0.05, 0) is 6.42 Å². The summed E-state index contributed by atoms with van der Waals surface area (Å²) in [5, 5.41) is 47.4. The standard InChI is InChI=1S/C10H19NO7/c1-2-3-6(14)11-10(18)9(17)8(16)7(15)5(13)4-12/h5,7-9,12-13,15-17H,2-4H2,1H3,(H,11,14,18)/t5-,7-,8+,9+/m1/s1. The minimum atomic E-state index is -2.08. The number of hydrogen-bond acceptors (Lipinski definition) is 7. The molecule has 0 aromatic rings. The van der Waals surface area contributed by atoms with Crippen LogP contribution in [0.25, 0.3) is 0 Å². The number of aliphatic hydroxyl groups is 5. The fraction of sp³-hybridized carbons (Fsp3) is 0.800. The van der Waals surface area contributed by atoms with Gasteiger partial charge in [-0.25, -0.2) is 0 Å². The van der Waals surface area contributed by atoms with Crippen LogP contribution in [-0.4, -0.2) is 68.4 Å². The summed E-state index contributed by atoms with van der Waals surface area (Å²) >= 11 is 0. The molecule has 4 atom stereocenters. The predicted molar refractivity (Wildman–Crippen MR) is 59.2 cm³/mol. The van der Waals surface area contributed by atoms with Crippen molar-refractivity contribution < 1.29 is 35.1 Å². The summed E-state index contributed by atoms with van der Waals surface area (Å²) in [7, 11) is 0. The van der Waals surface area contributed by atoms with Crippen LogP contribution in [0, 0.1) is 0 Å². The number of carbonyl (C=O) groups is 2. The maximum absolute atomic E-state index is 11.3. The highest BCUT2D eigenvalue weighted by Gasteiger charge is 2.34. The van der Waals surface area contributed by atoms with Gasteiger partial charge < -0.3 is 25.5 Å². The van der Waals surface area contributed by atoms with Crippen molar-refractivity contribution in [1.29, 1.82) is 0 Å². The SMILES string of the molecule is CCCC(=O)NC(=O)[C@@H](O)[C@@H](O)[C@H](O)[C@H](O)CO. The van der Waals surface area contributed by atoms with Gasteiger partial charge in [0.05, 0.1) is 6.61 Å². The van der Waals surface area contributed by atoms with E-state index in [9.17, 15) is 24.9 Å². The van der Waals surface area contributed by atoms with Gasteiger partial charge in [-0.15, -0.1) is 0 Å². The van der Waals surface area contributed by atoms with Crippen LogP contribution in [0.15, 0.2) is 0 Å². The van der Waals surface area contributed by atoms with Crippen LogP contribution >= 0.6 is 0 Å². The Kier molecular flexibility index (Phi) is 7.64. The van der Waals surface area contributed by atoms with E-state index in [1.165, 1.54) is 0 Å². The second-order valence-electron chi connectivity index (χ2n) is 3.84. The van der Waals surface area contributed by atoms with Gasteiger partial charge in [0.2, 0.25) is 5.91 Å². The first-order chi connectivity index (χ1) is 8.34. The summed E-state index contributed by atoms with van der Waals surface area (Å²) in [5.41, 5.74) is 0. The van der Waals surface area contributed by atoms with E-state index < -0.39 is 42.8 Å². The summed E-state index contributed by atoms with van der Waals surface area (Å²) in [4.78, 5) is 22.4. The third-order valence-electron chi connectivity index (χ3n) is 2.26. The molecule has 0 spiro atoms. The van der Waals surface area contributed by atoms with Crippen molar-refractivity contribution in [3.05, 3.63) is 0 Å². The van der Waals surface area contributed by atoms with E-state index in [0.717, 1.165) is 0 Å². The van der Waals surface area contributed by atoms with Gasteiger partial charge in [-0.1, -0.05) is 6.92 Å². The zero-order valence-electron chi connectivity index (χ0n) is 9.98. The lowest BCUT2D eigenvalue weighted by atomic mass is 10.0. The van der Waals surface area contributed by atoms with Crippen molar-refractivity contribution in [3.8, 4) is 0 Å². The third-order valence-corrected chi connectivity index (χ3v) is 2.26. The normalized spacial score (nSPS) is 17.7. The number of carbonyl (C=O) groups excluding carboxylic acids is 2. The Bertz CT molecular complexity index is 283. The second-order valence-corrected chi connectivity index (χ2v) is 3.84. The molecular weight excluding hydrogens is 246 g/mol. The molecule has 0 aromatic carbocycles. The number of hydrogen-bond donors (Lipinski definition) is 6. The molecular formula is C10H19NO7. The topological polar surface area (TPSA) is 147 Å². The first kappa shape index (κ1) is 16.9. The highest BCUT2D eigenvalue weighted by molar-refractivity contribution is 5.97. The number of rotatable bonds is 7. The summed E-state index contributed by atoms with van der Waals surface area (Å²) in [6.07, 6.45) is -7.12. The van der Waals surface area contributed by atoms with Crippen LogP contribution in [0.3, 0.4) is 0 Å². The zero-order chi connectivity index (χ0) is 14.3. The predicted octanol–water partition coefficient (Wildman–Crippen LogP) is -3.13. The molecule has 8 nitrogen and oxygen atoms in total. The zero-order valence-corrected chi connectivity index (χ0v) is 9.98. The summed E-state index contributed by atoms with van der Waals surface area (Å²) < 4.78 is 0. The summed E-state index contributed by atoms with van der Waals surface area (Å²) in [5.74, 6) is -1.80. The summed E-state index contributed by atoms with van der Waals surface area (Å²) in [6.45, 7) is 0.873. The molecule has 8 heteroatoms. The van der Waals surface area contributed by atoms with E-state index in [1.807, 2.05) is 5.32 Å². The molecule has 2 amide bonds. The van der Waals surface area contributed by atoms with Crippen molar-refractivity contribution in [1.82, 2.24) is 5.32 Å². The monoisotopic (exact) mass is 265 g/mol. The molecule has 0 rings (SSSR count). The van der Waals surface area contributed by atoms with Crippen molar-refractivity contribution in [3.63, 3.8) is 0 Å². The van der Waals surface area contributed by atoms with E-state index in [-0.39, 0.29) is 6.42 Å². The van der Waals surface area contributed by atoms with Crippen LogP contribution in [0.1, 0.15) is 19.8 Å². The number of nitrogens with one attached hydrogen (secondary N) is 1. The molecule has 0 saturated carbocycles. The Balaban J connectivity index is 4.40. The largest absolute Gasteiger partial charge is 0.394 e. The molecule has 106 valence electrons. The van der Waals surface area contributed by atoms with Crippen LogP contribution in [0.2, 0.25) is 0 Å². The maximum atomic E-state index is 11.3. The quantitative estimate of drug-likeness (QED) is 0.285. The average molecular weight is 265 g/mol. The van der Waals surface area contributed by atoms with Gasteiger partial charge in [-0.3, -0.25) is 14.9 Å². The highest BCUT2D eigenvalue weighted by Crippen LogP contribution is 2.05. The lowest BCUT2D eigenvalue weighted by Gasteiger charge is -2.24. The van der Waals surface area contributed by atoms with Crippen molar-refractivity contribution in [2.45, 2.75) is 44.2 Å². The van der Waals surface area contributed by atoms with E-state index >= 15 is 0 Å². The first-order valence-corrected chi connectivity index (χ1v) is 5.51. The molecule has 18 heavy (non-hydrogen) atoms. The van der Waals surface area contributed by atoms with Gasteiger partial charge in [0.15, 0.2) is 6.10 Å². The van der Waals surface area contributed by atoms with Gasteiger partial charge in [0.1, 0.15) is 18.3 Å². The molecule has 6 N–H and O–H groups in total. The lowest BCUT2D eigenvalue weighted by Crippen LogP contribution is -2.52. The van der Waals surface area contributed by atoms with Crippen LogP contribution in [-0.2, 0) is 9.59 Å². The molecule has 0 aliphatic carbocycles. The fourth-order valence-electron chi connectivity index (χ4n) is 1.18. The Morgan fingerprint density at radius 2 is 1.67 bits per heavy atom. The second kappa shape index (κ2) is 8.11. The Morgan fingerprint density at radius 3 is 2.11 bits per heavy atom. The Hall–Kier alpha value is -1.06.